The first-order valence-corrected chi connectivity index (χ1v) is 10.6. The number of aromatic nitrogens is 2. The lowest BCUT2D eigenvalue weighted by Gasteiger charge is -2.19. The zero-order valence-corrected chi connectivity index (χ0v) is 17.2. The lowest BCUT2D eigenvalue weighted by atomic mass is 10.1. The van der Waals surface area contributed by atoms with Gasteiger partial charge in [-0.15, -0.1) is 0 Å². The highest BCUT2D eigenvalue weighted by Crippen LogP contribution is 2.31. The normalized spacial score (nSPS) is 14.0. The van der Waals surface area contributed by atoms with E-state index in [1.165, 1.54) is 11.8 Å². The molecule has 3 aromatic rings. The second-order valence-electron chi connectivity index (χ2n) is 6.91. The number of hydrogen-bond acceptors (Lipinski definition) is 6. The Morgan fingerprint density at radius 1 is 1.17 bits per heavy atom. The van der Waals surface area contributed by atoms with Crippen molar-refractivity contribution in [1.82, 2.24) is 9.55 Å². The lowest BCUT2D eigenvalue weighted by molar-refractivity contribution is 0.102. The molecule has 2 heterocycles. The van der Waals surface area contributed by atoms with E-state index >= 15 is 0 Å². The SMILES string of the molecule is CC[C@@H](C)n1c(SCC(=O)c2ccc3c(c2)OCCO3)nc2ccccc2c1=O. The van der Waals surface area contributed by atoms with Gasteiger partial charge in [0.25, 0.3) is 5.56 Å². The molecule has 7 heteroatoms. The molecule has 0 N–H and O–H groups in total. The van der Waals surface area contributed by atoms with Crippen LogP contribution in [0.4, 0.5) is 0 Å². The molecule has 0 amide bonds. The Hall–Kier alpha value is -2.80. The zero-order valence-electron chi connectivity index (χ0n) is 16.4. The first kappa shape index (κ1) is 19.5. The highest BCUT2D eigenvalue weighted by atomic mass is 32.2. The molecule has 6 nitrogen and oxygen atoms in total. The van der Waals surface area contributed by atoms with E-state index in [0.717, 1.165) is 6.42 Å². The molecule has 0 unspecified atom stereocenters. The lowest BCUT2D eigenvalue weighted by Crippen LogP contribution is -2.26. The predicted octanol–water partition coefficient (Wildman–Crippen LogP) is 4.11. The molecule has 1 aliphatic heterocycles. The fraction of sp³-hybridized carbons (Fsp3) is 0.318. The summed E-state index contributed by atoms with van der Waals surface area (Å²) < 4.78 is 12.8. The quantitative estimate of drug-likeness (QED) is 0.346. The topological polar surface area (TPSA) is 70.4 Å². The third-order valence-corrected chi connectivity index (χ3v) is 5.96. The number of benzene rings is 2. The summed E-state index contributed by atoms with van der Waals surface area (Å²) in [6.07, 6.45) is 0.795. The largest absolute Gasteiger partial charge is 0.486 e. The summed E-state index contributed by atoms with van der Waals surface area (Å²) in [5.41, 5.74) is 1.13. The fourth-order valence-corrected chi connectivity index (χ4v) is 4.22. The van der Waals surface area contributed by atoms with Gasteiger partial charge in [-0.1, -0.05) is 30.8 Å². The second-order valence-corrected chi connectivity index (χ2v) is 7.86. The number of ketones is 1. The summed E-state index contributed by atoms with van der Waals surface area (Å²) >= 11 is 1.29. The van der Waals surface area contributed by atoms with Crippen molar-refractivity contribution in [2.75, 3.05) is 19.0 Å². The fourth-order valence-electron chi connectivity index (χ4n) is 3.23. The van der Waals surface area contributed by atoms with E-state index in [9.17, 15) is 9.59 Å². The van der Waals surface area contributed by atoms with Gasteiger partial charge in [0.2, 0.25) is 0 Å². The Morgan fingerprint density at radius 3 is 2.72 bits per heavy atom. The van der Waals surface area contributed by atoms with Gasteiger partial charge < -0.3 is 9.47 Å². The zero-order chi connectivity index (χ0) is 20.4. The van der Waals surface area contributed by atoms with Crippen LogP contribution in [0.15, 0.2) is 52.4 Å². The minimum Gasteiger partial charge on any atom is -0.486 e. The number of Topliss-reactive ketones (excluding diaryl/α,β-unsaturated/α-hetero) is 1. The van der Waals surface area contributed by atoms with Crippen LogP contribution in [0.25, 0.3) is 10.9 Å². The summed E-state index contributed by atoms with van der Waals surface area (Å²) in [5.74, 6) is 1.38. The van der Waals surface area contributed by atoms with Gasteiger partial charge in [0.1, 0.15) is 13.2 Å². The Morgan fingerprint density at radius 2 is 1.93 bits per heavy atom. The highest BCUT2D eigenvalue weighted by Gasteiger charge is 2.19. The molecule has 0 bridgehead atoms. The van der Waals surface area contributed by atoms with Crippen LogP contribution in [0.3, 0.4) is 0 Å². The molecule has 0 saturated carbocycles. The Kier molecular flexibility index (Phi) is 5.58. The molecule has 150 valence electrons. The van der Waals surface area contributed by atoms with Crippen LogP contribution in [0.5, 0.6) is 11.5 Å². The summed E-state index contributed by atoms with van der Waals surface area (Å²) in [6.45, 7) is 5.00. The smallest absolute Gasteiger partial charge is 0.262 e. The van der Waals surface area contributed by atoms with E-state index < -0.39 is 0 Å². The van der Waals surface area contributed by atoms with Crippen molar-refractivity contribution in [3.63, 3.8) is 0 Å². The standard InChI is InChI=1S/C22H22N2O4S/c1-3-14(2)24-21(26)16-6-4-5-7-17(16)23-22(24)29-13-18(25)15-8-9-19-20(12-15)28-11-10-27-19/h4-9,12,14H,3,10-11,13H2,1-2H3/t14-/m1/s1. The van der Waals surface area contributed by atoms with Gasteiger partial charge in [0.05, 0.1) is 16.7 Å². The third kappa shape index (κ3) is 3.87. The van der Waals surface area contributed by atoms with Gasteiger partial charge in [-0.3, -0.25) is 14.2 Å². The summed E-state index contributed by atoms with van der Waals surface area (Å²) in [4.78, 5) is 30.5. The monoisotopic (exact) mass is 410 g/mol. The van der Waals surface area contributed by atoms with Crippen molar-refractivity contribution < 1.29 is 14.3 Å². The van der Waals surface area contributed by atoms with Gasteiger partial charge in [-0.25, -0.2) is 4.98 Å². The van der Waals surface area contributed by atoms with Crippen LogP contribution >= 0.6 is 11.8 Å². The molecule has 1 aliphatic rings. The average Bonchev–Trinajstić information content (AvgIpc) is 2.76. The Bertz CT molecular complexity index is 1130. The van der Waals surface area contributed by atoms with Crippen molar-refractivity contribution in [3.05, 3.63) is 58.4 Å². The van der Waals surface area contributed by atoms with Gasteiger partial charge in [-0.05, 0) is 43.7 Å². The summed E-state index contributed by atoms with van der Waals surface area (Å²) in [7, 11) is 0. The molecule has 0 fully saturated rings. The number of fused-ring (bicyclic) bond motifs is 2. The molecule has 0 saturated heterocycles. The Labute approximate surface area is 172 Å². The molecule has 0 spiro atoms. The van der Waals surface area contributed by atoms with Gasteiger partial charge in [-0.2, -0.15) is 0 Å². The number of thioether (sulfide) groups is 1. The minimum absolute atomic E-state index is 0.00787. The summed E-state index contributed by atoms with van der Waals surface area (Å²) in [5, 5.41) is 1.16. The number of hydrogen-bond donors (Lipinski definition) is 0. The molecule has 1 atom stereocenters. The average molecular weight is 410 g/mol. The first-order valence-electron chi connectivity index (χ1n) is 9.65. The molecule has 2 aromatic carbocycles. The molecule has 0 radical (unpaired) electrons. The number of rotatable bonds is 6. The second kappa shape index (κ2) is 8.29. The number of para-hydroxylation sites is 1. The van der Waals surface area contributed by atoms with Gasteiger partial charge >= 0.3 is 0 Å². The minimum atomic E-state index is -0.0702. The van der Waals surface area contributed by atoms with Crippen LogP contribution in [0.1, 0.15) is 36.7 Å². The molecular formula is C22H22N2O4S. The van der Waals surface area contributed by atoms with Crippen molar-refractivity contribution >= 4 is 28.4 Å². The van der Waals surface area contributed by atoms with Crippen LogP contribution < -0.4 is 15.0 Å². The van der Waals surface area contributed by atoms with E-state index in [0.29, 0.717) is 46.3 Å². The molecule has 4 rings (SSSR count). The van der Waals surface area contributed by atoms with Gasteiger partial charge in [0, 0.05) is 11.6 Å². The number of nitrogens with zero attached hydrogens (tertiary/aromatic N) is 2. The maximum absolute atomic E-state index is 13.0. The van der Waals surface area contributed by atoms with Crippen LogP contribution in [-0.2, 0) is 0 Å². The van der Waals surface area contributed by atoms with Gasteiger partial charge in [0.15, 0.2) is 22.4 Å². The van der Waals surface area contributed by atoms with E-state index in [-0.39, 0.29) is 23.1 Å². The van der Waals surface area contributed by atoms with E-state index in [1.54, 1.807) is 28.8 Å². The number of carbonyl (C=O) groups excluding carboxylic acids is 1. The molecular weight excluding hydrogens is 388 g/mol. The van der Waals surface area contributed by atoms with Crippen molar-refractivity contribution in [2.45, 2.75) is 31.5 Å². The summed E-state index contributed by atoms with van der Waals surface area (Å²) in [6, 6.07) is 12.5. The maximum atomic E-state index is 13.0. The van der Waals surface area contributed by atoms with E-state index in [4.69, 9.17) is 9.47 Å². The van der Waals surface area contributed by atoms with E-state index in [2.05, 4.69) is 4.98 Å². The van der Waals surface area contributed by atoms with Crippen LogP contribution in [-0.4, -0.2) is 34.3 Å². The molecule has 1 aromatic heterocycles. The van der Waals surface area contributed by atoms with Crippen LogP contribution in [0, 0.1) is 0 Å². The Balaban J connectivity index is 1.62. The molecule has 0 aliphatic carbocycles. The maximum Gasteiger partial charge on any atom is 0.262 e. The van der Waals surface area contributed by atoms with Crippen molar-refractivity contribution in [2.24, 2.45) is 0 Å². The number of carbonyl (C=O) groups is 1. The van der Waals surface area contributed by atoms with E-state index in [1.807, 2.05) is 32.0 Å². The molecule has 29 heavy (non-hydrogen) atoms. The first-order chi connectivity index (χ1) is 14.1. The van der Waals surface area contributed by atoms with Crippen LogP contribution in [0.2, 0.25) is 0 Å². The third-order valence-electron chi connectivity index (χ3n) is 5.00. The number of ether oxygens (including phenoxy) is 2. The highest BCUT2D eigenvalue weighted by molar-refractivity contribution is 7.99. The van der Waals surface area contributed by atoms with Crippen molar-refractivity contribution in [1.29, 1.82) is 0 Å². The van der Waals surface area contributed by atoms with Crippen molar-refractivity contribution in [3.8, 4) is 11.5 Å². The predicted molar refractivity (Wildman–Crippen MR) is 113 cm³/mol.